The van der Waals surface area contributed by atoms with Crippen molar-refractivity contribution in [2.24, 2.45) is 0 Å². The maximum atomic E-state index is 12.9. The molecule has 0 aliphatic carbocycles. The van der Waals surface area contributed by atoms with E-state index in [-0.39, 0.29) is 12.4 Å². The van der Waals surface area contributed by atoms with Crippen molar-refractivity contribution >= 4 is 21.6 Å². The van der Waals surface area contributed by atoms with E-state index in [1.54, 1.807) is 0 Å². The highest BCUT2D eigenvalue weighted by atomic mass is 35.5. The molecule has 1 aromatic carbocycles. The molecule has 0 saturated carbocycles. The van der Waals surface area contributed by atoms with Crippen LogP contribution in [-0.4, -0.2) is 27.8 Å². The number of benzene rings is 1. The smallest absolute Gasteiger partial charge is 0.208 e. The molecule has 0 aliphatic heterocycles. The van der Waals surface area contributed by atoms with Gasteiger partial charge in [0.25, 0.3) is 0 Å². The highest BCUT2D eigenvalue weighted by molar-refractivity contribution is 7.88. The predicted octanol–water partition coefficient (Wildman–Crippen LogP) is 1.12. The summed E-state index contributed by atoms with van der Waals surface area (Å²) < 4.78 is 36.7. The largest absolute Gasteiger partial charge is 0.311 e. The summed E-state index contributed by atoms with van der Waals surface area (Å²) in [5, 5.41) is 3.45. The second-order valence-electron chi connectivity index (χ2n) is 3.58. The van der Waals surface area contributed by atoms with Crippen molar-refractivity contribution in [2.45, 2.75) is 6.54 Å². The van der Waals surface area contributed by atoms with Crippen LogP contribution in [0.2, 0.25) is 5.02 Å². The summed E-state index contributed by atoms with van der Waals surface area (Å²) in [7, 11) is -3.16. The van der Waals surface area contributed by atoms with Crippen LogP contribution < -0.4 is 10.0 Å². The molecule has 0 unspecified atom stereocenters. The Morgan fingerprint density at radius 2 is 2.06 bits per heavy atom. The fourth-order valence-electron chi connectivity index (χ4n) is 1.23. The van der Waals surface area contributed by atoms with Crippen LogP contribution >= 0.6 is 11.6 Å². The molecule has 0 atom stereocenters. The van der Waals surface area contributed by atoms with E-state index in [9.17, 15) is 12.8 Å². The van der Waals surface area contributed by atoms with Crippen LogP contribution in [0.4, 0.5) is 4.39 Å². The molecular weight excluding hydrogens is 267 g/mol. The van der Waals surface area contributed by atoms with Crippen molar-refractivity contribution in [3.8, 4) is 0 Å². The van der Waals surface area contributed by atoms with Gasteiger partial charge in [0.05, 0.1) is 6.26 Å². The molecule has 0 spiro atoms. The van der Waals surface area contributed by atoms with Gasteiger partial charge < -0.3 is 5.32 Å². The van der Waals surface area contributed by atoms with E-state index >= 15 is 0 Å². The van der Waals surface area contributed by atoms with Crippen molar-refractivity contribution in [3.63, 3.8) is 0 Å². The lowest BCUT2D eigenvalue weighted by atomic mass is 10.2. The number of rotatable bonds is 6. The Bertz CT molecular complexity index is 479. The van der Waals surface area contributed by atoms with Crippen LogP contribution in [0, 0.1) is 5.82 Å². The quantitative estimate of drug-likeness (QED) is 0.768. The first-order valence-corrected chi connectivity index (χ1v) is 7.25. The minimum atomic E-state index is -3.16. The van der Waals surface area contributed by atoms with Gasteiger partial charge >= 0.3 is 0 Å². The lowest BCUT2D eigenvalue weighted by molar-refractivity contribution is 0.581. The Balaban J connectivity index is 2.34. The van der Waals surface area contributed by atoms with Crippen molar-refractivity contribution in [1.29, 1.82) is 0 Å². The molecule has 96 valence electrons. The summed E-state index contributed by atoms with van der Waals surface area (Å²) >= 11 is 5.86. The number of hydrogen-bond donors (Lipinski definition) is 2. The Kier molecular flexibility index (Phi) is 5.32. The monoisotopic (exact) mass is 280 g/mol. The molecule has 4 nitrogen and oxygen atoms in total. The highest BCUT2D eigenvalue weighted by Gasteiger charge is 2.02. The van der Waals surface area contributed by atoms with E-state index in [0.717, 1.165) is 6.26 Å². The summed E-state index contributed by atoms with van der Waals surface area (Å²) in [4.78, 5) is 0. The first kappa shape index (κ1) is 14.4. The van der Waals surface area contributed by atoms with Gasteiger partial charge in [-0.25, -0.2) is 17.5 Å². The lowest BCUT2D eigenvalue weighted by Crippen LogP contribution is -2.30. The van der Waals surface area contributed by atoms with Crippen molar-refractivity contribution in [2.75, 3.05) is 19.3 Å². The third-order valence-electron chi connectivity index (χ3n) is 1.99. The summed E-state index contributed by atoms with van der Waals surface area (Å²) in [6.07, 6.45) is 1.09. The molecular formula is C10H14ClFN2O2S. The Hall–Kier alpha value is -0.690. The average molecular weight is 281 g/mol. The van der Waals surface area contributed by atoms with Crippen molar-refractivity contribution in [3.05, 3.63) is 34.6 Å². The van der Waals surface area contributed by atoms with Gasteiger partial charge in [0, 0.05) is 24.7 Å². The minimum absolute atomic E-state index is 0.284. The highest BCUT2D eigenvalue weighted by Crippen LogP contribution is 2.16. The first-order chi connectivity index (χ1) is 7.88. The summed E-state index contributed by atoms with van der Waals surface area (Å²) in [5.41, 5.74) is 0.644. The van der Waals surface area contributed by atoms with Crippen LogP contribution in [0.25, 0.3) is 0 Å². The summed E-state index contributed by atoms with van der Waals surface area (Å²) in [6.45, 7) is 1.12. The molecule has 0 aromatic heterocycles. The van der Waals surface area contributed by atoms with Gasteiger partial charge in [0.15, 0.2) is 0 Å². The van der Waals surface area contributed by atoms with Crippen LogP contribution in [0.15, 0.2) is 18.2 Å². The number of halogens is 2. The standard InChI is InChI=1S/C10H14ClFN2O2S/c1-17(15,16)14-5-4-13-7-8-6-9(12)2-3-10(8)11/h2-3,6,13-14H,4-5,7H2,1H3. The topological polar surface area (TPSA) is 58.2 Å². The maximum Gasteiger partial charge on any atom is 0.208 e. The van der Waals surface area contributed by atoms with Gasteiger partial charge in [-0.1, -0.05) is 11.6 Å². The Morgan fingerprint density at radius 3 is 2.71 bits per heavy atom. The van der Waals surface area contributed by atoms with Gasteiger partial charge in [-0.15, -0.1) is 0 Å². The Labute approximate surface area is 105 Å². The van der Waals surface area contributed by atoms with Gasteiger partial charge in [-0.3, -0.25) is 0 Å². The molecule has 0 saturated heterocycles. The fraction of sp³-hybridized carbons (Fsp3) is 0.400. The maximum absolute atomic E-state index is 12.9. The van der Waals surface area contributed by atoms with E-state index < -0.39 is 10.0 Å². The van der Waals surface area contributed by atoms with E-state index in [2.05, 4.69) is 10.0 Å². The molecule has 7 heteroatoms. The molecule has 0 heterocycles. The van der Waals surface area contributed by atoms with E-state index in [1.165, 1.54) is 18.2 Å². The summed E-state index contributed by atoms with van der Waals surface area (Å²) in [5.74, 6) is -0.347. The number of sulfonamides is 1. The van der Waals surface area contributed by atoms with Gasteiger partial charge in [0.1, 0.15) is 5.82 Å². The zero-order valence-corrected chi connectivity index (χ0v) is 10.9. The zero-order chi connectivity index (χ0) is 12.9. The summed E-state index contributed by atoms with van der Waals surface area (Å²) in [6, 6.07) is 4.12. The molecule has 0 bridgehead atoms. The van der Waals surface area contributed by atoms with Crippen molar-refractivity contribution in [1.82, 2.24) is 10.0 Å². The first-order valence-electron chi connectivity index (χ1n) is 4.98. The molecule has 0 fully saturated rings. The Morgan fingerprint density at radius 1 is 1.35 bits per heavy atom. The second-order valence-corrected chi connectivity index (χ2v) is 5.82. The number of nitrogens with one attached hydrogen (secondary N) is 2. The third-order valence-corrected chi connectivity index (χ3v) is 3.09. The van der Waals surface area contributed by atoms with E-state index in [4.69, 9.17) is 11.6 Å². The van der Waals surface area contributed by atoms with Gasteiger partial charge in [-0.05, 0) is 23.8 Å². The SMILES string of the molecule is CS(=O)(=O)NCCNCc1cc(F)ccc1Cl. The molecule has 0 aliphatic rings. The van der Waals surface area contributed by atoms with Crippen LogP contribution in [0.1, 0.15) is 5.56 Å². The average Bonchev–Trinajstić information content (AvgIpc) is 2.21. The van der Waals surface area contributed by atoms with Gasteiger partial charge in [-0.2, -0.15) is 0 Å². The molecule has 17 heavy (non-hydrogen) atoms. The van der Waals surface area contributed by atoms with Crippen LogP contribution in [0.3, 0.4) is 0 Å². The fourth-order valence-corrected chi connectivity index (χ4v) is 1.88. The minimum Gasteiger partial charge on any atom is -0.311 e. The van der Waals surface area contributed by atoms with Crippen molar-refractivity contribution < 1.29 is 12.8 Å². The zero-order valence-electron chi connectivity index (χ0n) is 9.33. The third kappa shape index (κ3) is 5.97. The molecule has 2 N–H and O–H groups in total. The molecule has 1 rings (SSSR count). The van der Waals surface area contributed by atoms with E-state index in [1.807, 2.05) is 0 Å². The van der Waals surface area contributed by atoms with E-state index in [0.29, 0.717) is 23.7 Å². The molecule has 0 amide bonds. The van der Waals surface area contributed by atoms with Gasteiger partial charge in [0.2, 0.25) is 10.0 Å². The molecule has 1 aromatic rings. The van der Waals surface area contributed by atoms with Crippen LogP contribution in [-0.2, 0) is 16.6 Å². The normalized spacial score (nSPS) is 11.7. The van der Waals surface area contributed by atoms with Crippen LogP contribution in [0.5, 0.6) is 0 Å². The number of hydrogen-bond acceptors (Lipinski definition) is 3. The predicted molar refractivity (Wildman–Crippen MR) is 66.0 cm³/mol. The second kappa shape index (κ2) is 6.30. The lowest BCUT2D eigenvalue weighted by Gasteiger charge is -2.07. The molecule has 0 radical (unpaired) electrons.